The summed E-state index contributed by atoms with van der Waals surface area (Å²) in [5, 5.41) is 11.3. The number of ether oxygens (including phenoxy) is 1. The molecular formula is C13H13NO4. The van der Waals surface area contributed by atoms with Crippen LogP contribution in [0.2, 0.25) is 0 Å². The lowest BCUT2D eigenvalue weighted by Crippen LogP contribution is -2.24. The Labute approximate surface area is 104 Å². The lowest BCUT2D eigenvalue weighted by atomic mass is 10.1. The summed E-state index contributed by atoms with van der Waals surface area (Å²) >= 11 is 0. The maximum atomic E-state index is 11.0. The van der Waals surface area contributed by atoms with Gasteiger partial charge in [0.2, 0.25) is 5.91 Å². The van der Waals surface area contributed by atoms with E-state index in [9.17, 15) is 9.59 Å². The van der Waals surface area contributed by atoms with Crippen molar-refractivity contribution < 1.29 is 19.4 Å². The number of hydrogen-bond acceptors (Lipinski definition) is 3. The zero-order valence-electron chi connectivity index (χ0n) is 9.90. The third kappa shape index (κ3) is 2.68. The lowest BCUT2D eigenvalue weighted by molar-refractivity contribution is -0.134. The van der Waals surface area contributed by atoms with Crippen LogP contribution in [0.5, 0.6) is 5.75 Å². The number of carboxylic acid groups (broad SMARTS) is 1. The molecule has 0 saturated heterocycles. The second kappa shape index (κ2) is 4.91. The lowest BCUT2D eigenvalue weighted by Gasteiger charge is -2.04. The first-order valence-corrected chi connectivity index (χ1v) is 5.54. The third-order valence-corrected chi connectivity index (χ3v) is 2.57. The predicted octanol–water partition coefficient (Wildman–Crippen LogP) is 1.18. The van der Waals surface area contributed by atoms with Gasteiger partial charge >= 0.3 is 5.97 Å². The Morgan fingerprint density at radius 1 is 1.44 bits per heavy atom. The summed E-state index contributed by atoms with van der Waals surface area (Å²) < 4.78 is 5.36. The molecule has 5 heteroatoms. The molecule has 0 saturated carbocycles. The van der Waals surface area contributed by atoms with E-state index in [4.69, 9.17) is 9.84 Å². The molecule has 0 aromatic heterocycles. The van der Waals surface area contributed by atoms with E-state index < -0.39 is 11.9 Å². The first-order chi connectivity index (χ1) is 8.56. The van der Waals surface area contributed by atoms with Crippen molar-refractivity contribution in [1.29, 1.82) is 0 Å². The van der Waals surface area contributed by atoms with Crippen LogP contribution in [0.3, 0.4) is 0 Å². The normalized spacial score (nSPS) is 13.7. The molecule has 0 radical (unpaired) electrons. The number of fused-ring (bicyclic) bond motifs is 1. The van der Waals surface area contributed by atoms with E-state index in [-0.39, 0.29) is 5.70 Å². The predicted molar refractivity (Wildman–Crippen MR) is 65.1 cm³/mol. The molecule has 18 heavy (non-hydrogen) atoms. The summed E-state index contributed by atoms with van der Waals surface area (Å²) in [6, 6.07) is 5.43. The summed E-state index contributed by atoms with van der Waals surface area (Å²) in [6.07, 6.45) is 2.25. The molecule has 5 nitrogen and oxygen atoms in total. The summed E-state index contributed by atoms with van der Waals surface area (Å²) in [7, 11) is 0. The van der Waals surface area contributed by atoms with Crippen molar-refractivity contribution in [2.45, 2.75) is 13.3 Å². The van der Waals surface area contributed by atoms with Gasteiger partial charge in [0.05, 0.1) is 6.61 Å². The second-order valence-corrected chi connectivity index (χ2v) is 4.01. The van der Waals surface area contributed by atoms with Gasteiger partial charge in [-0.05, 0) is 29.3 Å². The van der Waals surface area contributed by atoms with Crippen LogP contribution in [0.1, 0.15) is 18.1 Å². The Morgan fingerprint density at radius 3 is 2.89 bits per heavy atom. The highest BCUT2D eigenvalue weighted by molar-refractivity contribution is 5.96. The molecule has 0 aliphatic carbocycles. The highest BCUT2D eigenvalue weighted by Gasteiger charge is 2.13. The number of rotatable bonds is 3. The summed E-state index contributed by atoms with van der Waals surface area (Å²) in [4.78, 5) is 21.9. The number of carbonyl (C=O) groups excluding carboxylic acids is 1. The molecular weight excluding hydrogens is 234 g/mol. The van der Waals surface area contributed by atoms with Gasteiger partial charge in [0.25, 0.3) is 0 Å². The zero-order chi connectivity index (χ0) is 13.1. The molecule has 0 atom stereocenters. The molecule has 2 N–H and O–H groups in total. The van der Waals surface area contributed by atoms with Crippen LogP contribution in [0.25, 0.3) is 6.08 Å². The van der Waals surface area contributed by atoms with E-state index in [2.05, 4.69) is 5.32 Å². The van der Waals surface area contributed by atoms with Gasteiger partial charge in [-0.1, -0.05) is 6.07 Å². The first kappa shape index (κ1) is 12.2. The molecule has 0 unspecified atom stereocenters. The Bertz CT molecular complexity index is 534. The maximum Gasteiger partial charge on any atom is 0.352 e. The van der Waals surface area contributed by atoms with E-state index in [1.165, 1.54) is 13.0 Å². The molecule has 1 aromatic rings. The Balaban J connectivity index is 2.29. The van der Waals surface area contributed by atoms with Gasteiger partial charge in [-0.3, -0.25) is 4.79 Å². The van der Waals surface area contributed by atoms with E-state index in [0.29, 0.717) is 6.61 Å². The molecule has 0 spiro atoms. The number of carboxylic acids is 1. The van der Waals surface area contributed by atoms with Crippen molar-refractivity contribution in [3.8, 4) is 5.75 Å². The number of aliphatic carboxylic acids is 1. The van der Waals surface area contributed by atoms with Crippen molar-refractivity contribution in [1.82, 2.24) is 5.32 Å². The standard InChI is InChI=1S/C13H13NO4/c1-8(15)14-11(13(16)17)7-9-2-3-12-10(6-9)4-5-18-12/h2-3,6-7H,4-5H2,1H3,(H,14,15)(H,16,17)/b11-7+. The highest BCUT2D eigenvalue weighted by atomic mass is 16.5. The summed E-state index contributed by atoms with van der Waals surface area (Å²) in [5.41, 5.74) is 1.64. The van der Waals surface area contributed by atoms with E-state index >= 15 is 0 Å². The van der Waals surface area contributed by atoms with Gasteiger partial charge in [-0.15, -0.1) is 0 Å². The van der Waals surface area contributed by atoms with Crippen molar-refractivity contribution in [3.63, 3.8) is 0 Å². The van der Waals surface area contributed by atoms with E-state index in [1.54, 1.807) is 12.1 Å². The average molecular weight is 247 g/mol. The van der Waals surface area contributed by atoms with Crippen LogP contribution in [-0.2, 0) is 16.0 Å². The van der Waals surface area contributed by atoms with Crippen LogP contribution >= 0.6 is 0 Å². The van der Waals surface area contributed by atoms with Crippen LogP contribution < -0.4 is 10.1 Å². The summed E-state index contributed by atoms with van der Waals surface area (Å²) in [5.74, 6) is -0.737. The van der Waals surface area contributed by atoms with Gasteiger partial charge in [-0.2, -0.15) is 0 Å². The molecule has 1 amide bonds. The Morgan fingerprint density at radius 2 is 2.22 bits per heavy atom. The minimum Gasteiger partial charge on any atom is -0.493 e. The minimum atomic E-state index is -1.16. The van der Waals surface area contributed by atoms with Gasteiger partial charge in [0.15, 0.2) is 0 Å². The number of benzene rings is 1. The van der Waals surface area contributed by atoms with Crippen molar-refractivity contribution in [2.75, 3.05) is 6.61 Å². The smallest absolute Gasteiger partial charge is 0.352 e. The monoisotopic (exact) mass is 247 g/mol. The third-order valence-electron chi connectivity index (χ3n) is 2.57. The molecule has 1 aliphatic rings. The zero-order valence-corrected chi connectivity index (χ0v) is 9.90. The van der Waals surface area contributed by atoms with Crippen molar-refractivity contribution in [3.05, 3.63) is 35.0 Å². The quantitative estimate of drug-likeness (QED) is 0.786. The van der Waals surface area contributed by atoms with Crippen LogP contribution in [0, 0.1) is 0 Å². The minimum absolute atomic E-state index is 0.138. The molecule has 0 bridgehead atoms. The Kier molecular flexibility index (Phi) is 3.32. The van der Waals surface area contributed by atoms with Gasteiger partial charge < -0.3 is 15.2 Å². The average Bonchev–Trinajstić information content (AvgIpc) is 2.74. The second-order valence-electron chi connectivity index (χ2n) is 4.01. The van der Waals surface area contributed by atoms with Gasteiger partial charge in [0.1, 0.15) is 11.4 Å². The molecule has 1 aliphatic heterocycles. The number of nitrogens with one attached hydrogen (secondary N) is 1. The SMILES string of the molecule is CC(=O)N/C(=C/c1ccc2c(c1)CCO2)C(=O)O. The Hall–Kier alpha value is -2.30. The number of hydrogen-bond donors (Lipinski definition) is 2. The number of carbonyl (C=O) groups is 2. The summed E-state index contributed by atoms with van der Waals surface area (Å²) in [6.45, 7) is 1.92. The van der Waals surface area contributed by atoms with Gasteiger partial charge in [0, 0.05) is 13.3 Å². The molecule has 1 aromatic carbocycles. The van der Waals surface area contributed by atoms with Crippen molar-refractivity contribution in [2.24, 2.45) is 0 Å². The van der Waals surface area contributed by atoms with Crippen LogP contribution in [0.4, 0.5) is 0 Å². The topological polar surface area (TPSA) is 75.6 Å². The molecule has 2 rings (SSSR count). The fourth-order valence-corrected chi connectivity index (χ4v) is 1.80. The molecule has 94 valence electrons. The molecule has 0 fully saturated rings. The molecule has 1 heterocycles. The van der Waals surface area contributed by atoms with Crippen molar-refractivity contribution >= 4 is 18.0 Å². The van der Waals surface area contributed by atoms with E-state index in [0.717, 1.165) is 23.3 Å². The van der Waals surface area contributed by atoms with Crippen LogP contribution in [-0.4, -0.2) is 23.6 Å². The fourth-order valence-electron chi connectivity index (χ4n) is 1.80. The van der Waals surface area contributed by atoms with Gasteiger partial charge in [-0.25, -0.2) is 4.79 Å². The van der Waals surface area contributed by atoms with E-state index in [1.807, 2.05) is 6.07 Å². The largest absolute Gasteiger partial charge is 0.493 e. The first-order valence-electron chi connectivity index (χ1n) is 5.54. The van der Waals surface area contributed by atoms with Crippen LogP contribution in [0.15, 0.2) is 23.9 Å². The fraction of sp³-hybridized carbons (Fsp3) is 0.231. The highest BCUT2D eigenvalue weighted by Crippen LogP contribution is 2.26. The maximum absolute atomic E-state index is 11.0. The number of amides is 1.